The molecule has 0 heterocycles. The Morgan fingerprint density at radius 3 is 2.67 bits per heavy atom. The van der Waals surface area contributed by atoms with Crippen molar-refractivity contribution in [1.82, 2.24) is 5.32 Å². The van der Waals surface area contributed by atoms with E-state index in [4.69, 9.17) is 11.6 Å². The molecule has 1 N–H and O–H groups in total. The predicted octanol–water partition coefficient (Wildman–Crippen LogP) is 4.72. The molecular weight excluding hydrogens is 285 g/mol. The summed E-state index contributed by atoms with van der Waals surface area (Å²) in [5, 5.41) is 3.90. The van der Waals surface area contributed by atoms with Crippen molar-refractivity contribution in [2.24, 2.45) is 0 Å². The van der Waals surface area contributed by atoms with Gasteiger partial charge >= 0.3 is 0 Å². The van der Waals surface area contributed by atoms with Crippen LogP contribution in [0.3, 0.4) is 0 Å². The molecule has 112 valence electrons. The van der Waals surface area contributed by atoms with Crippen LogP contribution < -0.4 is 5.32 Å². The van der Waals surface area contributed by atoms with Crippen LogP contribution in [0.1, 0.15) is 29.5 Å². The Hall–Kier alpha value is -1.38. The lowest BCUT2D eigenvalue weighted by Crippen LogP contribution is -2.22. The Morgan fingerprint density at radius 1 is 1.19 bits per heavy atom. The number of benzene rings is 2. The largest absolute Gasteiger partial charge is 0.316 e. The molecule has 0 aliphatic carbocycles. The van der Waals surface area contributed by atoms with Crippen LogP contribution in [-0.4, -0.2) is 13.1 Å². The summed E-state index contributed by atoms with van der Waals surface area (Å²) < 4.78 is 13.2. The first-order valence-electron chi connectivity index (χ1n) is 7.31. The van der Waals surface area contributed by atoms with Gasteiger partial charge in [0.05, 0.1) is 0 Å². The van der Waals surface area contributed by atoms with Gasteiger partial charge in [-0.05, 0) is 43.1 Å². The number of hydrogen-bond acceptors (Lipinski definition) is 1. The van der Waals surface area contributed by atoms with Gasteiger partial charge < -0.3 is 5.32 Å². The van der Waals surface area contributed by atoms with Gasteiger partial charge in [0.1, 0.15) is 5.82 Å². The van der Waals surface area contributed by atoms with Crippen molar-refractivity contribution in [3.63, 3.8) is 0 Å². The first-order valence-corrected chi connectivity index (χ1v) is 7.69. The van der Waals surface area contributed by atoms with Crippen LogP contribution >= 0.6 is 11.6 Å². The first kappa shape index (κ1) is 16.0. The zero-order valence-electron chi connectivity index (χ0n) is 12.5. The fourth-order valence-corrected chi connectivity index (χ4v) is 2.75. The molecule has 2 aromatic rings. The summed E-state index contributed by atoms with van der Waals surface area (Å²) in [5.41, 5.74) is 3.53. The highest BCUT2D eigenvalue weighted by Crippen LogP contribution is 2.26. The zero-order valence-corrected chi connectivity index (χ0v) is 13.3. The Balaban J connectivity index is 2.23. The monoisotopic (exact) mass is 305 g/mol. The second-order valence-electron chi connectivity index (χ2n) is 5.36. The van der Waals surface area contributed by atoms with Gasteiger partial charge in [-0.1, -0.05) is 54.4 Å². The SMILES string of the molecule is CCNCC(Cc1ccc(F)cc1Cl)c1cccc(C)c1. The van der Waals surface area contributed by atoms with Crippen molar-refractivity contribution in [1.29, 1.82) is 0 Å². The maximum absolute atomic E-state index is 13.2. The summed E-state index contributed by atoms with van der Waals surface area (Å²) in [5.74, 6) is 0.0374. The Kier molecular flexibility index (Phi) is 5.77. The van der Waals surface area contributed by atoms with Gasteiger partial charge in [-0.2, -0.15) is 0 Å². The molecule has 2 aromatic carbocycles. The third kappa shape index (κ3) is 4.55. The van der Waals surface area contributed by atoms with E-state index in [0.717, 1.165) is 25.1 Å². The number of rotatable bonds is 6. The van der Waals surface area contributed by atoms with Gasteiger partial charge in [-0.25, -0.2) is 4.39 Å². The summed E-state index contributed by atoms with van der Waals surface area (Å²) in [7, 11) is 0. The Morgan fingerprint density at radius 2 is 2.00 bits per heavy atom. The molecule has 0 aromatic heterocycles. The van der Waals surface area contributed by atoms with E-state index in [1.165, 1.54) is 23.3 Å². The summed E-state index contributed by atoms with van der Waals surface area (Å²) >= 11 is 6.17. The van der Waals surface area contributed by atoms with E-state index < -0.39 is 0 Å². The average Bonchev–Trinajstić information content (AvgIpc) is 2.45. The van der Waals surface area contributed by atoms with Crippen LogP contribution in [0.25, 0.3) is 0 Å². The molecule has 3 heteroatoms. The smallest absolute Gasteiger partial charge is 0.124 e. The van der Waals surface area contributed by atoms with Gasteiger partial charge in [0, 0.05) is 17.5 Å². The third-order valence-electron chi connectivity index (χ3n) is 3.64. The second kappa shape index (κ2) is 7.58. The standard InChI is InChI=1S/C18H21ClFN/c1-3-21-12-16(14-6-4-5-13(2)9-14)10-15-7-8-17(20)11-18(15)19/h4-9,11,16,21H,3,10,12H2,1-2H3. The van der Waals surface area contributed by atoms with Crippen LogP contribution in [0.2, 0.25) is 5.02 Å². The molecule has 0 saturated carbocycles. The molecule has 0 spiro atoms. The van der Waals surface area contributed by atoms with E-state index >= 15 is 0 Å². The highest BCUT2D eigenvalue weighted by Gasteiger charge is 2.14. The van der Waals surface area contributed by atoms with Gasteiger partial charge in [-0.3, -0.25) is 0 Å². The molecule has 0 bridgehead atoms. The summed E-state index contributed by atoms with van der Waals surface area (Å²) in [6.07, 6.45) is 0.801. The minimum Gasteiger partial charge on any atom is -0.316 e. The van der Waals surface area contributed by atoms with Crippen molar-refractivity contribution >= 4 is 11.6 Å². The lowest BCUT2D eigenvalue weighted by atomic mass is 9.91. The summed E-state index contributed by atoms with van der Waals surface area (Å²) in [6, 6.07) is 13.2. The van der Waals surface area contributed by atoms with E-state index in [-0.39, 0.29) is 5.82 Å². The molecule has 21 heavy (non-hydrogen) atoms. The molecule has 2 rings (SSSR count). The minimum atomic E-state index is -0.289. The number of nitrogens with one attached hydrogen (secondary N) is 1. The molecule has 0 amide bonds. The highest BCUT2D eigenvalue weighted by molar-refractivity contribution is 6.31. The van der Waals surface area contributed by atoms with E-state index in [2.05, 4.69) is 43.4 Å². The number of halogens is 2. The Labute approximate surface area is 131 Å². The maximum atomic E-state index is 13.2. The topological polar surface area (TPSA) is 12.0 Å². The molecule has 1 unspecified atom stereocenters. The van der Waals surface area contributed by atoms with Crippen molar-refractivity contribution in [3.05, 3.63) is 70.0 Å². The molecule has 0 saturated heterocycles. The molecule has 1 atom stereocenters. The van der Waals surface area contributed by atoms with Crippen LogP contribution in [0.15, 0.2) is 42.5 Å². The van der Waals surface area contributed by atoms with Crippen LogP contribution in [0.5, 0.6) is 0 Å². The molecule has 0 radical (unpaired) electrons. The van der Waals surface area contributed by atoms with E-state index in [1.807, 2.05) is 0 Å². The van der Waals surface area contributed by atoms with Gasteiger partial charge in [0.2, 0.25) is 0 Å². The van der Waals surface area contributed by atoms with Crippen LogP contribution in [-0.2, 0) is 6.42 Å². The number of hydrogen-bond donors (Lipinski definition) is 1. The van der Waals surface area contributed by atoms with Crippen molar-refractivity contribution in [2.45, 2.75) is 26.2 Å². The Bertz CT molecular complexity index is 598. The number of aryl methyl sites for hydroxylation is 1. The third-order valence-corrected chi connectivity index (χ3v) is 3.99. The van der Waals surface area contributed by atoms with Crippen molar-refractivity contribution < 1.29 is 4.39 Å². The van der Waals surface area contributed by atoms with E-state index in [9.17, 15) is 4.39 Å². The predicted molar refractivity (Wildman–Crippen MR) is 87.6 cm³/mol. The van der Waals surface area contributed by atoms with E-state index in [1.54, 1.807) is 6.07 Å². The lowest BCUT2D eigenvalue weighted by molar-refractivity contribution is 0.592. The molecule has 0 aliphatic rings. The minimum absolute atomic E-state index is 0.289. The molecule has 1 nitrogen and oxygen atoms in total. The zero-order chi connectivity index (χ0) is 15.2. The highest BCUT2D eigenvalue weighted by atomic mass is 35.5. The van der Waals surface area contributed by atoms with Crippen LogP contribution in [0.4, 0.5) is 4.39 Å². The maximum Gasteiger partial charge on any atom is 0.124 e. The normalized spacial score (nSPS) is 12.4. The number of likely N-dealkylation sites (N-methyl/N-ethyl adjacent to an activating group) is 1. The van der Waals surface area contributed by atoms with Crippen molar-refractivity contribution in [3.8, 4) is 0 Å². The summed E-state index contributed by atoms with van der Waals surface area (Å²) in [4.78, 5) is 0. The van der Waals surface area contributed by atoms with Crippen molar-refractivity contribution in [2.75, 3.05) is 13.1 Å². The summed E-state index contributed by atoms with van der Waals surface area (Å²) in [6.45, 7) is 6.00. The van der Waals surface area contributed by atoms with Gasteiger partial charge in [0.15, 0.2) is 0 Å². The average molecular weight is 306 g/mol. The quantitative estimate of drug-likeness (QED) is 0.814. The molecular formula is C18H21ClFN. The molecule has 0 fully saturated rings. The second-order valence-corrected chi connectivity index (χ2v) is 5.77. The lowest BCUT2D eigenvalue weighted by Gasteiger charge is -2.19. The van der Waals surface area contributed by atoms with E-state index in [0.29, 0.717) is 10.9 Å². The fourth-order valence-electron chi connectivity index (χ4n) is 2.50. The van der Waals surface area contributed by atoms with Gasteiger partial charge in [-0.15, -0.1) is 0 Å². The van der Waals surface area contributed by atoms with Crippen LogP contribution in [0, 0.1) is 12.7 Å². The van der Waals surface area contributed by atoms with Gasteiger partial charge in [0.25, 0.3) is 0 Å². The molecule has 0 aliphatic heterocycles. The first-order chi connectivity index (χ1) is 10.1. The fraction of sp³-hybridized carbons (Fsp3) is 0.333.